The molecule has 27 heavy (non-hydrogen) atoms. The highest BCUT2D eigenvalue weighted by Gasteiger charge is 2.27. The van der Waals surface area contributed by atoms with Gasteiger partial charge in [-0.05, 0) is 61.9 Å². The predicted octanol–water partition coefficient (Wildman–Crippen LogP) is 3.68. The van der Waals surface area contributed by atoms with E-state index in [1.807, 2.05) is 24.0 Å². The molecule has 0 bridgehead atoms. The Kier molecular flexibility index (Phi) is 5.33. The third-order valence-corrected chi connectivity index (χ3v) is 5.72. The SMILES string of the molecule is C[C@H](Oc1cccc2c1CCCC2)C(=O)N1CCN(c2ccccc2)CC1. The first-order valence-electron chi connectivity index (χ1n) is 10.1. The van der Waals surface area contributed by atoms with Crippen LogP contribution < -0.4 is 9.64 Å². The zero-order chi connectivity index (χ0) is 18.6. The number of aryl methyl sites for hydroxylation is 1. The third-order valence-electron chi connectivity index (χ3n) is 5.72. The maximum absolute atomic E-state index is 12.9. The first kappa shape index (κ1) is 17.9. The van der Waals surface area contributed by atoms with Crippen molar-refractivity contribution >= 4 is 11.6 Å². The molecule has 142 valence electrons. The number of rotatable bonds is 4. The van der Waals surface area contributed by atoms with E-state index in [4.69, 9.17) is 4.74 Å². The minimum atomic E-state index is -0.443. The molecular weight excluding hydrogens is 336 g/mol. The fourth-order valence-corrected chi connectivity index (χ4v) is 4.18. The Morgan fingerprint density at radius 2 is 1.67 bits per heavy atom. The standard InChI is InChI=1S/C23H28N2O2/c1-18(27-22-13-7-9-19-8-5-6-12-21(19)22)23(26)25-16-14-24(15-17-25)20-10-3-2-4-11-20/h2-4,7,9-11,13,18H,5-6,8,12,14-17H2,1H3/t18-/m0/s1. The number of ether oxygens (including phenoxy) is 1. The van der Waals surface area contributed by atoms with E-state index >= 15 is 0 Å². The van der Waals surface area contributed by atoms with Crippen LogP contribution in [0.5, 0.6) is 5.75 Å². The van der Waals surface area contributed by atoms with Gasteiger partial charge < -0.3 is 14.5 Å². The molecule has 1 heterocycles. The van der Waals surface area contributed by atoms with Crippen LogP contribution in [-0.4, -0.2) is 43.1 Å². The van der Waals surface area contributed by atoms with Crippen molar-refractivity contribution in [1.82, 2.24) is 4.90 Å². The van der Waals surface area contributed by atoms with Gasteiger partial charge in [-0.2, -0.15) is 0 Å². The van der Waals surface area contributed by atoms with Gasteiger partial charge in [0.05, 0.1) is 0 Å². The molecule has 1 saturated heterocycles. The monoisotopic (exact) mass is 364 g/mol. The van der Waals surface area contributed by atoms with E-state index in [-0.39, 0.29) is 5.91 Å². The molecule has 2 aromatic rings. The van der Waals surface area contributed by atoms with Crippen molar-refractivity contribution in [3.63, 3.8) is 0 Å². The van der Waals surface area contributed by atoms with Crippen LogP contribution in [0.4, 0.5) is 5.69 Å². The molecule has 4 rings (SSSR count). The summed E-state index contributed by atoms with van der Waals surface area (Å²) in [4.78, 5) is 17.2. The Morgan fingerprint density at radius 3 is 2.44 bits per heavy atom. The lowest BCUT2D eigenvalue weighted by Crippen LogP contribution is -2.52. The lowest BCUT2D eigenvalue weighted by atomic mass is 9.91. The average Bonchev–Trinajstić information content (AvgIpc) is 2.74. The average molecular weight is 364 g/mol. The van der Waals surface area contributed by atoms with Crippen LogP contribution in [0.2, 0.25) is 0 Å². The Hall–Kier alpha value is -2.49. The van der Waals surface area contributed by atoms with E-state index < -0.39 is 6.10 Å². The van der Waals surface area contributed by atoms with Crippen molar-refractivity contribution in [1.29, 1.82) is 0 Å². The maximum atomic E-state index is 12.9. The van der Waals surface area contributed by atoms with Crippen LogP contribution >= 0.6 is 0 Å². The highest BCUT2D eigenvalue weighted by Crippen LogP contribution is 2.30. The van der Waals surface area contributed by atoms with Gasteiger partial charge in [0.2, 0.25) is 0 Å². The molecule has 1 atom stereocenters. The summed E-state index contributed by atoms with van der Waals surface area (Å²) >= 11 is 0. The molecule has 4 heteroatoms. The lowest BCUT2D eigenvalue weighted by Gasteiger charge is -2.37. The first-order valence-corrected chi connectivity index (χ1v) is 10.1. The molecule has 0 unspecified atom stereocenters. The number of benzene rings is 2. The number of carbonyl (C=O) groups is 1. The minimum Gasteiger partial charge on any atom is -0.481 e. The Labute approximate surface area is 161 Å². The van der Waals surface area contributed by atoms with E-state index in [1.165, 1.54) is 29.7 Å². The zero-order valence-corrected chi connectivity index (χ0v) is 16.1. The Bertz CT molecular complexity index is 782. The fraction of sp³-hybridized carbons (Fsp3) is 0.435. The van der Waals surface area contributed by atoms with Crippen molar-refractivity contribution in [2.45, 2.75) is 38.7 Å². The summed E-state index contributed by atoms with van der Waals surface area (Å²) in [6.07, 6.45) is 4.19. The van der Waals surface area contributed by atoms with E-state index in [9.17, 15) is 4.79 Å². The molecule has 0 spiro atoms. The summed E-state index contributed by atoms with van der Waals surface area (Å²) in [6.45, 7) is 5.10. The number of piperazine rings is 1. The van der Waals surface area contributed by atoms with E-state index in [0.717, 1.165) is 44.8 Å². The largest absolute Gasteiger partial charge is 0.481 e. The van der Waals surface area contributed by atoms with Crippen molar-refractivity contribution in [3.8, 4) is 5.75 Å². The van der Waals surface area contributed by atoms with Gasteiger partial charge in [-0.1, -0.05) is 30.3 Å². The number of fused-ring (bicyclic) bond motifs is 1. The molecule has 0 saturated carbocycles. The molecule has 4 nitrogen and oxygen atoms in total. The molecule has 1 amide bonds. The van der Waals surface area contributed by atoms with E-state index in [2.05, 4.69) is 41.3 Å². The Morgan fingerprint density at radius 1 is 0.926 bits per heavy atom. The normalized spacial score (nSPS) is 18.0. The summed E-state index contributed by atoms with van der Waals surface area (Å²) in [5.41, 5.74) is 3.91. The van der Waals surface area contributed by atoms with Crippen molar-refractivity contribution in [2.75, 3.05) is 31.1 Å². The molecule has 0 N–H and O–H groups in total. The highest BCUT2D eigenvalue weighted by atomic mass is 16.5. The molecule has 1 fully saturated rings. The number of para-hydroxylation sites is 1. The smallest absolute Gasteiger partial charge is 0.263 e. The second kappa shape index (κ2) is 8.03. The second-order valence-electron chi connectivity index (χ2n) is 7.51. The second-order valence-corrected chi connectivity index (χ2v) is 7.51. The third kappa shape index (κ3) is 3.95. The van der Waals surface area contributed by atoms with Gasteiger partial charge in [-0.3, -0.25) is 4.79 Å². The van der Waals surface area contributed by atoms with Gasteiger partial charge in [0.25, 0.3) is 5.91 Å². The lowest BCUT2D eigenvalue weighted by molar-refractivity contribution is -0.138. The summed E-state index contributed by atoms with van der Waals surface area (Å²) in [5.74, 6) is 0.993. The van der Waals surface area contributed by atoms with Crippen LogP contribution in [0.3, 0.4) is 0 Å². The van der Waals surface area contributed by atoms with E-state index in [1.54, 1.807) is 0 Å². The molecule has 1 aliphatic carbocycles. The predicted molar refractivity (Wildman–Crippen MR) is 108 cm³/mol. The Balaban J connectivity index is 1.36. The number of hydrogen-bond donors (Lipinski definition) is 0. The molecular formula is C23H28N2O2. The summed E-state index contributed by atoms with van der Waals surface area (Å²) in [7, 11) is 0. The van der Waals surface area contributed by atoms with Crippen LogP contribution in [0, 0.1) is 0 Å². The zero-order valence-electron chi connectivity index (χ0n) is 16.1. The first-order chi connectivity index (χ1) is 13.2. The van der Waals surface area contributed by atoms with Gasteiger partial charge in [0.15, 0.2) is 6.10 Å². The highest BCUT2D eigenvalue weighted by molar-refractivity contribution is 5.81. The molecule has 2 aromatic carbocycles. The minimum absolute atomic E-state index is 0.0936. The molecule has 0 aromatic heterocycles. The van der Waals surface area contributed by atoms with Crippen LogP contribution in [-0.2, 0) is 17.6 Å². The van der Waals surface area contributed by atoms with E-state index in [0.29, 0.717) is 0 Å². The molecule has 0 radical (unpaired) electrons. The maximum Gasteiger partial charge on any atom is 0.263 e. The number of carbonyl (C=O) groups excluding carboxylic acids is 1. The van der Waals surface area contributed by atoms with Crippen molar-refractivity contribution in [2.24, 2.45) is 0 Å². The van der Waals surface area contributed by atoms with Crippen molar-refractivity contribution in [3.05, 3.63) is 59.7 Å². The summed E-state index contributed by atoms with van der Waals surface area (Å²) in [5, 5.41) is 0. The quantitative estimate of drug-likeness (QED) is 0.830. The van der Waals surface area contributed by atoms with Gasteiger partial charge in [0.1, 0.15) is 5.75 Å². The van der Waals surface area contributed by atoms with Crippen LogP contribution in [0.15, 0.2) is 48.5 Å². The molecule has 1 aliphatic heterocycles. The number of amides is 1. The number of hydrogen-bond acceptors (Lipinski definition) is 3. The van der Waals surface area contributed by atoms with Gasteiger partial charge in [-0.15, -0.1) is 0 Å². The fourth-order valence-electron chi connectivity index (χ4n) is 4.18. The molecule has 2 aliphatic rings. The summed E-state index contributed by atoms with van der Waals surface area (Å²) in [6, 6.07) is 16.7. The van der Waals surface area contributed by atoms with Crippen LogP contribution in [0.1, 0.15) is 30.9 Å². The van der Waals surface area contributed by atoms with Crippen LogP contribution in [0.25, 0.3) is 0 Å². The number of anilines is 1. The number of nitrogens with zero attached hydrogens (tertiary/aromatic N) is 2. The van der Waals surface area contributed by atoms with Crippen molar-refractivity contribution < 1.29 is 9.53 Å². The van der Waals surface area contributed by atoms with Gasteiger partial charge in [-0.25, -0.2) is 0 Å². The van der Waals surface area contributed by atoms with Gasteiger partial charge >= 0.3 is 0 Å². The summed E-state index contributed by atoms with van der Waals surface area (Å²) < 4.78 is 6.13. The topological polar surface area (TPSA) is 32.8 Å². The van der Waals surface area contributed by atoms with Gasteiger partial charge in [0, 0.05) is 31.9 Å².